The van der Waals surface area contributed by atoms with Crippen LogP contribution in [0.2, 0.25) is 0 Å². The number of nitro groups is 1. The zero-order chi connectivity index (χ0) is 16.4. The predicted octanol–water partition coefficient (Wildman–Crippen LogP) is 1.66. The molecule has 23 heavy (non-hydrogen) atoms. The van der Waals surface area contributed by atoms with Crippen molar-refractivity contribution in [2.45, 2.75) is 25.7 Å². The van der Waals surface area contributed by atoms with Crippen molar-refractivity contribution in [2.24, 2.45) is 5.92 Å². The summed E-state index contributed by atoms with van der Waals surface area (Å²) < 4.78 is 4.91. The van der Waals surface area contributed by atoms with Crippen molar-refractivity contribution in [3.8, 4) is 0 Å². The average molecular weight is 321 g/mol. The molecule has 3 rings (SSSR count). The van der Waals surface area contributed by atoms with Crippen LogP contribution in [0.4, 0.5) is 5.88 Å². The summed E-state index contributed by atoms with van der Waals surface area (Å²) in [6.45, 7) is 2.30. The Balaban J connectivity index is 1.54. The van der Waals surface area contributed by atoms with Crippen LogP contribution in [0, 0.1) is 16.0 Å². The number of amides is 2. The van der Waals surface area contributed by atoms with Crippen molar-refractivity contribution in [1.82, 2.24) is 9.80 Å². The highest BCUT2D eigenvalue weighted by molar-refractivity contribution is 5.94. The minimum absolute atomic E-state index is 0.0580. The van der Waals surface area contributed by atoms with Gasteiger partial charge in [-0.2, -0.15) is 0 Å². The van der Waals surface area contributed by atoms with E-state index in [1.54, 1.807) is 0 Å². The Morgan fingerprint density at radius 2 is 1.74 bits per heavy atom. The molecule has 1 aromatic rings. The van der Waals surface area contributed by atoms with Crippen molar-refractivity contribution in [3.05, 3.63) is 28.0 Å². The third-order valence-corrected chi connectivity index (χ3v) is 4.42. The van der Waals surface area contributed by atoms with E-state index in [-0.39, 0.29) is 17.6 Å². The number of hydrogen-bond donors (Lipinski definition) is 0. The van der Waals surface area contributed by atoms with Gasteiger partial charge in [-0.25, -0.2) is 0 Å². The summed E-state index contributed by atoms with van der Waals surface area (Å²) >= 11 is 0. The quantitative estimate of drug-likeness (QED) is 0.623. The lowest BCUT2D eigenvalue weighted by Gasteiger charge is -2.40. The molecule has 124 valence electrons. The maximum atomic E-state index is 12.4. The van der Waals surface area contributed by atoms with E-state index in [0.29, 0.717) is 13.1 Å². The molecule has 2 aliphatic rings. The van der Waals surface area contributed by atoms with Crippen LogP contribution in [0.5, 0.6) is 0 Å². The third kappa shape index (κ3) is 3.20. The molecule has 0 aromatic carbocycles. The van der Waals surface area contributed by atoms with E-state index >= 15 is 0 Å². The van der Waals surface area contributed by atoms with Gasteiger partial charge in [0.1, 0.15) is 4.92 Å². The lowest BCUT2D eigenvalue weighted by atomic mass is 9.98. The van der Waals surface area contributed by atoms with Gasteiger partial charge in [-0.1, -0.05) is 12.8 Å². The molecule has 2 amide bonds. The first-order valence-electron chi connectivity index (χ1n) is 7.88. The van der Waals surface area contributed by atoms with E-state index in [1.807, 2.05) is 4.90 Å². The van der Waals surface area contributed by atoms with Crippen molar-refractivity contribution in [1.29, 1.82) is 0 Å². The van der Waals surface area contributed by atoms with Crippen molar-refractivity contribution < 1.29 is 18.9 Å². The van der Waals surface area contributed by atoms with Gasteiger partial charge in [0.2, 0.25) is 5.91 Å². The average Bonchev–Trinajstić information content (AvgIpc) is 2.82. The first kappa shape index (κ1) is 15.5. The van der Waals surface area contributed by atoms with Gasteiger partial charge >= 0.3 is 5.88 Å². The van der Waals surface area contributed by atoms with Crippen molar-refractivity contribution in [2.75, 3.05) is 26.2 Å². The number of nitrogens with zero attached hydrogens (tertiary/aromatic N) is 3. The molecule has 8 heteroatoms. The van der Waals surface area contributed by atoms with Gasteiger partial charge < -0.3 is 14.2 Å². The van der Waals surface area contributed by atoms with E-state index in [1.165, 1.54) is 11.0 Å². The van der Waals surface area contributed by atoms with E-state index in [9.17, 15) is 19.7 Å². The summed E-state index contributed by atoms with van der Waals surface area (Å²) in [7, 11) is 0. The van der Waals surface area contributed by atoms with E-state index in [2.05, 4.69) is 0 Å². The van der Waals surface area contributed by atoms with Crippen LogP contribution in [-0.4, -0.2) is 52.7 Å². The molecule has 0 unspecified atom stereocenters. The fourth-order valence-corrected chi connectivity index (χ4v) is 3.05. The molecule has 0 atom stereocenters. The summed E-state index contributed by atoms with van der Waals surface area (Å²) in [6, 6.07) is 2.46. The highest BCUT2D eigenvalue weighted by Gasteiger charge is 2.39. The van der Waals surface area contributed by atoms with Gasteiger partial charge in [-0.15, -0.1) is 0 Å². The Labute approximate surface area is 133 Å². The minimum atomic E-state index is -0.682. The number of rotatable bonds is 3. The number of hydrogen-bond acceptors (Lipinski definition) is 5. The smallest absolute Gasteiger partial charge is 0.395 e. The van der Waals surface area contributed by atoms with Crippen LogP contribution >= 0.6 is 0 Å². The highest BCUT2D eigenvalue weighted by atomic mass is 16.6. The molecule has 2 saturated heterocycles. The summed E-state index contributed by atoms with van der Waals surface area (Å²) in [6.07, 6.45) is 4.40. The van der Waals surface area contributed by atoms with Crippen molar-refractivity contribution in [3.63, 3.8) is 0 Å². The monoisotopic (exact) mass is 321 g/mol. The molecular formula is C15H19N3O5. The van der Waals surface area contributed by atoms with E-state index < -0.39 is 16.7 Å². The Morgan fingerprint density at radius 3 is 2.30 bits per heavy atom. The summed E-state index contributed by atoms with van der Waals surface area (Å²) in [5.41, 5.74) is 0. The molecule has 2 aliphatic heterocycles. The van der Waals surface area contributed by atoms with Crippen molar-refractivity contribution >= 4 is 17.7 Å². The third-order valence-electron chi connectivity index (χ3n) is 4.42. The van der Waals surface area contributed by atoms with Crippen LogP contribution < -0.4 is 0 Å². The predicted molar refractivity (Wildman–Crippen MR) is 79.8 cm³/mol. The maximum absolute atomic E-state index is 12.4. The van der Waals surface area contributed by atoms with Gasteiger partial charge in [0, 0.05) is 26.2 Å². The molecule has 1 aromatic heterocycles. The highest BCUT2D eigenvalue weighted by Crippen LogP contribution is 2.24. The van der Waals surface area contributed by atoms with Gasteiger partial charge in [0.05, 0.1) is 12.0 Å². The number of carbonyl (C=O) groups is 2. The molecule has 2 fully saturated rings. The second-order valence-corrected chi connectivity index (χ2v) is 6.04. The molecule has 0 radical (unpaired) electrons. The Bertz CT molecular complexity index is 612. The maximum Gasteiger partial charge on any atom is 0.433 e. The van der Waals surface area contributed by atoms with Crippen LogP contribution in [-0.2, 0) is 4.79 Å². The van der Waals surface area contributed by atoms with Crippen LogP contribution in [0.3, 0.4) is 0 Å². The largest absolute Gasteiger partial charge is 0.433 e. The summed E-state index contributed by atoms with van der Waals surface area (Å²) in [4.78, 5) is 37.8. The normalized spacial score (nSPS) is 19.1. The zero-order valence-corrected chi connectivity index (χ0v) is 12.8. The molecule has 0 aliphatic carbocycles. The van der Waals surface area contributed by atoms with Gasteiger partial charge in [-0.05, 0) is 18.9 Å². The Hall–Kier alpha value is -2.38. The lowest BCUT2D eigenvalue weighted by molar-refractivity contribution is -0.402. The molecule has 0 saturated carbocycles. The number of likely N-dealkylation sites (tertiary alicyclic amines) is 2. The van der Waals surface area contributed by atoms with E-state index in [0.717, 1.165) is 44.8 Å². The molecular weight excluding hydrogens is 302 g/mol. The fraction of sp³-hybridized carbons (Fsp3) is 0.600. The van der Waals surface area contributed by atoms with Crippen LogP contribution in [0.25, 0.3) is 0 Å². The second kappa shape index (κ2) is 6.39. The zero-order valence-electron chi connectivity index (χ0n) is 12.8. The minimum Gasteiger partial charge on any atom is -0.395 e. The van der Waals surface area contributed by atoms with Gasteiger partial charge in [0.15, 0.2) is 5.76 Å². The Morgan fingerprint density at radius 1 is 1.09 bits per heavy atom. The molecule has 0 N–H and O–H groups in total. The molecule has 0 bridgehead atoms. The number of carbonyl (C=O) groups excluding carboxylic acids is 2. The standard InChI is InChI=1S/C15H19N3O5/c19-14(16-7-3-1-2-4-8-16)11-9-17(10-11)15(20)12-5-6-13(23-12)18(21)22/h5-6,11H,1-4,7-10H2. The van der Waals surface area contributed by atoms with Gasteiger partial charge in [0.25, 0.3) is 5.91 Å². The summed E-state index contributed by atoms with van der Waals surface area (Å²) in [5, 5.41) is 10.6. The Kier molecular flexibility index (Phi) is 4.31. The lowest BCUT2D eigenvalue weighted by Crippen LogP contribution is -2.56. The topological polar surface area (TPSA) is 96.9 Å². The van der Waals surface area contributed by atoms with Crippen LogP contribution in [0.1, 0.15) is 36.2 Å². The fourth-order valence-electron chi connectivity index (χ4n) is 3.05. The molecule has 8 nitrogen and oxygen atoms in total. The van der Waals surface area contributed by atoms with Gasteiger partial charge in [-0.3, -0.25) is 19.7 Å². The first-order valence-corrected chi connectivity index (χ1v) is 7.88. The van der Waals surface area contributed by atoms with Crippen LogP contribution in [0.15, 0.2) is 16.5 Å². The SMILES string of the molecule is O=C(c1ccc([N+](=O)[O-])o1)N1CC(C(=O)N2CCCCCC2)C1. The van der Waals surface area contributed by atoms with E-state index in [4.69, 9.17) is 4.42 Å². The molecule has 3 heterocycles. The second-order valence-electron chi connectivity index (χ2n) is 6.04. The summed E-state index contributed by atoms with van der Waals surface area (Å²) in [5.74, 6) is -0.968. The first-order chi connectivity index (χ1) is 11.1. The molecule has 0 spiro atoms. The number of furan rings is 1.